The summed E-state index contributed by atoms with van der Waals surface area (Å²) in [6, 6.07) is 0.178. The summed E-state index contributed by atoms with van der Waals surface area (Å²) >= 11 is 0. The number of likely N-dealkylation sites (N-methyl/N-ethyl adjacent to an activating group) is 1. The summed E-state index contributed by atoms with van der Waals surface area (Å²) in [6.45, 7) is 8.32. The van der Waals surface area contributed by atoms with Crippen LogP contribution < -0.4 is 5.32 Å². The summed E-state index contributed by atoms with van der Waals surface area (Å²) in [7, 11) is 0. The highest BCUT2D eigenvalue weighted by Gasteiger charge is 2.30. The highest BCUT2D eigenvalue weighted by molar-refractivity contribution is 6.35. The molecule has 19 heavy (non-hydrogen) atoms. The van der Waals surface area contributed by atoms with Gasteiger partial charge in [0, 0.05) is 18.1 Å². The van der Waals surface area contributed by atoms with E-state index in [1.54, 1.807) is 4.90 Å². The molecule has 2 amide bonds. The first-order chi connectivity index (χ1) is 8.86. The van der Waals surface area contributed by atoms with Crippen LogP contribution in [0.15, 0.2) is 0 Å². The predicted octanol–water partition coefficient (Wildman–Crippen LogP) is 2.47. The smallest absolute Gasteiger partial charge is 0.312 e. The van der Waals surface area contributed by atoms with E-state index in [9.17, 15) is 9.59 Å². The molecule has 1 aliphatic carbocycles. The van der Waals surface area contributed by atoms with E-state index in [0.29, 0.717) is 6.54 Å². The molecule has 1 rings (SSSR count). The van der Waals surface area contributed by atoms with Gasteiger partial charge in [-0.15, -0.1) is 0 Å². The van der Waals surface area contributed by atoms with E-state index in [-0.39, 0.29) is 11.6 Å². The summed E-state index contributed by atoms with van der Waals surface area (Å²) in [5.41, 5.74) is -0.313. The second-order valence-electron chi connectivity index (χ2n) is 6.38. The number of carbonyl (C=O) groups is 2. The van der Waals surface area contributed by atoms with Gasteiger partial charge in [0.15, 0.2) is 0 Å². The molecule has 0 unspecified atom stereocenters. The molecular formula is C15H28N2O2. The molecule has 1 aliphatic rings. The number of rotatable bonds is 2. The molecule has 0 aromatic heterocycles. The van der Waals surface area contributed by atoms with Crippen LogP contribution in [0.25, 0.3) is 0 Å². The molecule has 4 nitrogen and oxygen atoms in total. The zero-order chi connectivity index (χ0) is 14.5. The zero-order valence-corrected chi connectivity index (χ0v) is 12.8. The Morgan fingerprint density at radius 1 is 1.11 bits per heavy atom. The van der Waals surface area contributed by atoms with Crippen molar-refractivity contribution in [1.82, 2.24) is 10.2 Å². The second-order valence-corrected chi connectivity index (χ2v) is 6.38. The number of carbonyl (C=O) groups excluding carboxylic acids is 2. The molecule has 0 aliphatic heterocycles. The molecule has 1 fully saturated rings. The van der Waals surface area contributed by atoms with Crippen LogP contribution in [0.2, 0.25) is 0 Å². The van der Waals surface area contributed by atoms with Crippen molar-refractivity contribution < 1.29 is 9.59 Å². The van der Waals surface area contributed by atoms with Crippen LogP contribution in [-0.2, 0) is 9.59 Å². The molecule has 0 atom stereocenters. The maximum atomic E-state index is 12.2. The Labute approximate surface area is 116 Å². The fourth-order valence-corrected chi connectivity index (χ4v) is 2.72. The molecule has 4 heteroatoms. The average Bonchev–Trinajstić information content (AvgIpc) is 2.56. The lowest BCUT2D eigenvalue weighted by atomic mass is 10.1. The van der Waals surface area contributed by atoms with Crippen LogP contribution in [0.5, 0.6) is 0 Å². The Bertz CT molecular complexity index is 313. The SMILES string of the molecule is CCN(C(=O)C(=O)NC1CCCCCC1)C(C)(C)C. The van der Waals surface area contributed by atoms with Gasteiger partial charge in [-0.2, -0.15) is 0 Å². The molecule has 110 valence electrons. The largest absolute Gasteiger partial charge is 0.345 e. The summed E-state index contributed by atoms with van der Waals surface area (Å²) < 4.78 is 0. The summed E-state index contributed by atoms with van der Waals surface area (Å²) in [4.78, 5) is 25.9. The standard InChI is InChI=1S/C15H28N2O2/c1-5-17(15(2,3)4)14(19)13(18)16-12-10-8-6-7-9-11-12/h12H,5-11H2,1-4H3,(H,16,18). The van der Waals surface area contributed by atoms with Crippen molar-refractivity contribution in [1.29, 1.82) is 0 Å². The molecule has 0 radical (unpaired) electrons. The first kappa shape index (κ1) is 16.0. The van der Waals surface area contributed by atoms with E-state index in [1.807, 2.05) is 27.7 Å². The first-order valence-corrected chi connectivity index (χ1v) is 7.48. The monoisotopic (exact) mass is 268 g/mol. The maximum Gasteiger partial charge on any atom is 0.312 e. The number of amides is 2. The normalized spacial score (nSPS) is 17.7. The fourth-order valence-electron chi connectivity index (χ4n) is 2.72. The third-order valence-corrected chi connectivity index (χ3v) is 3.76. The number of hydrogen-bond acceptors (Lipinski definition) is 2. The Morgan fingerprint density at radius 3 is 2.05 bits per heavy atom. The lowest BCUT2D eigenvalue weighted by Gasteiger charge is -2.34. The van der Waals surface area contributed by atoms with E-state index in [0.717, 1.165) is 25.7 Å². The molecule has 0 spiro atoms. The Kier molecular flexibility index (Phi) is 5.83. The number of hydrogen-bond donors (Lipinski definition) is 1. The van der Waals surface area contributed by atoms with E-state index in [2.05, 4.69) is 5.32 Å². The van der Waals surface area contributed by atoms with Crippen LogP contribution >= 0.6 is 0 Å². The highest BCUT2D eigenvalue weighted by atomic mass is 16.2. The van der Waals surface area contributed by atoms with Gasteiger partial charge >= 0.3 is 11.8 Å². The lowest BCUT2D eigenvalue weighted by molar-refractivity contribution is -0.149. The number of nitrogens with one attached hydrogen (secondary N) is 1. The second kappa shape index (κ2) is 6.92. The first-order valence-electron chi connectivity index (χ1n) is 7.48. The van der Waals surface area contributed by atoms with Gasteiger partial charge in [-0.05, 0) is 40.5 Å². The Hall–Kier alpha value is -1.06. The molecule has 0 aromatic rings. The van der Waals surface area contributed by atoms with Crippen molar-refractivity contribution in [3.63, 3.8) is 0 Å². The topological polar surface area (TPSA) is 49.4 Å². The van der Waals surface area contributed by atoms with E-state index >= 15 is 0 Å². The molecule has 1 saturated carbocycles. The van der Waals surface area contributed by atoms with Crippen LogP contribution in [-0.4, -0.2) is 34.8 Å². The van der Waals surface area contributed by atoms with Crippen molar-refractivity contribution in [3.05, 3.63) is 0 Å². The van der Waals surface area contributed by atoms with E-state index in [1.165, 1.54) is 12.8 Å². The van der Waals surface area contributed by atoms with Crippen molar-refractivity contribution in [3.8, 4) is 0 Å². The molecule has 0 saturated heterocycles. The number of nitrogens with zero attached hydrogens (tertiary/aromatic N) is 1. The highest BCUT2D eigenvalue weighted by Crippen LogP contribution is 2.18. The van der Waals surface area contributed by atoms with Crippen LogP contribution in [0, 0.1) is 0 Å². The Morgan fingerprint density at radius 2 is 1.63 bits per heavy atom. The minimum atomic E-state index is -0.441. The molecule has 0 bridgehead atoms. The van der Waals surface area contributed by atoms with Crippen LogP contribution in [0.1, 0.15) is 66.2 Å². The van der Waals surface area contributed by atoms with Crippen molar-refractivity contribution in [2.24, 2.45) is 0 Å². The van der Waals surface area contributed by atoms with Crippen molar-refractivity contribution in [2.75, 3.05) is 6.54 Å². The zero-order valence-electron chi connectivity index (χ0n) is 12.8. The van der Waals surface area contributed by atoms with Gasteiger partial charge in [-0.3, -0.25) is 9.59 Å². The summed E-state index contributed by atoms with van der Waals surface area (Å²) in [5, 5.41) is 2.92. The van der Waals surface area contributed by atoms with Gasteiger partial charge in [0.2, 0.25) is 0 Å². The quantitative estimate of drug-likeness (QED) is 0.618. The van der Waals surface area contributed by atoms with E-state index in [4.69, 9.17) is 0 Å². The van der Waals surface area contributed by atoms with Gasteiger partial charge in [0.1, 0.15) is 0 Å². The van der Waals surface area contributed by atoms with Gasteiger partial charge in [0.25, 0.3) is 0 Å². The summed E-state index contributed by atoms with van der Waals surface area (Å²) in [6.07, 6.45) is 6.78. The molecule has 0 aromatic carbocycles. The van der Waals surface area contributed by atoms with Gasteiger partial charge in [-0.1, -0.05) is 25.7 Å². The van der Waals surface area contributed by atoms with Gasteiger partial charge in [0.05, 0.1) is 0 Å². The molecule has 0 heterocycles. The third kappa shape index (κ3) is 4.84. The third-order valence-electron chi connectivity index (χ3n) is 3.76. The minimum Gasteiger partial charge on any atom is -0.345 e. The molecular weight excluding hydrogens is 240 g/mol. The van der Waals surface area contributed by atoms with Crippen LogP contribution in [0.4, 0.5) is 0 Å². The van der Waals surface area contributed by atoms with Crippen molar-refractivity contribution in [2.45, 2.75) is 77.8 Å². The maximum absolute atomic E-state index is 12.2. The van der Waals surface area contributed by atoms with E-state index < -0.39 is 11.8 Å². The van der Waals surface area contributed by atoms with Crippen molar-refractivity contribution >= 4 is 11.8 Å². The molecule has 1 N–H and O–H groups in total. The minimum absolute atomic E-state index is 0.178. The summed E-state index contributed by atoms with van der Waals surface area (Å²) in [5.74, 6) is -0.845. The fraction of sp³-hybridized carbons (Fsp3) is 0.867. The van der Waals surface area contributed by atoms with Crippen LogP contribution in [0.3, 0.4) is 0 Å². The lowest BCUT2D eigenvalue weighted by Crippen LogP contribution is -2.53. The van der Waals surface area contributed by atoms with Gasteiger partial charge in [-0.25, -0.2) is 0 Å². The predicted molar refractivity (Wildman–Crippen MR) is 76.8 cm³/mol. The Balaban J connectivity index is 2.58. The average molecular weight is 268 g/mol. The van der Waals surface area contributed by atoms with Gasteiger partial charge < -0.3 is 10.2 Å².